The van der Waals surface area contributed by atoms with E-state index in [9.17, 15) is 0 Å². The van der Waals surface area contributed by atoms with E-state index in [4.69, 9.17) is 29.3 Å². The van der Waals surface area contributed by atoms with Crippen molar-refractivity contribution < 1.29 is 4.42 Å². The topological polar surface area (TPSA) is 125 Å². The molecule has 11 heteroatoms. The van der Waals surface area contributed by atoms with Crippen molar-refractivity contribution in [1.82, 2.24) is 40.1 Å². The molecule has 0 saturated carbocycles. The summed E-state index contributed by atoms with van der Waals surface area (Å²) in [6.07, 6.45) is 14.0. The monoisotopic (exact) mass is 505 g/mol. The molecule has 37 heavy (non-hydrogen) atoms. The first-order chi connectivity index (χ1) is 18.4. The summed E-state index contributed by atoms with van der Waals surface area (Å²) in [5, 5.41) is 10.3. The highest BCUT2D eigenvalue weighted by atomic mass is 32.1. The summed E-state index contributed by atoms with van der Waals surface area (Å²) in [7, 11) is 0. The molecule has 0 amide bonds. The van der Waals surface area contributed by atoms with Crippen molar-refractivity contribution in [3.8, 4) is 0 Å². The Morgan fingerprint density at radius 1 is 0.865 bits per heavy atom. The molecule has 1 aliphatic heterocycles. The number of aromatic amines is 2. The third-order valence-corrected chi connectivity index (χ3v) is 7.25. The van der Waals surface area contributed by atoms with Gasteiger partial charge in [-0.25, -0.2) is 19.9 Å². The van der Waals surface area contributed by atoms with Crippen molar-refractivity contribution in [2.75, 3.05) is 4.90 Å². The average molecular weight is 506 g/mol. The van der Waals surface area contributed by atoms with E-state index in [-0.39, 0.29) is 0 Å². The van der Waals surface area contributed by atoms with Crippen LogP contribution in [0.1, 0.15) is 33.9 Å². The number of imidazole rings is 1. The van der Waals surface area contributed by atoms with Crippen molar-refractivity contribution in [2.24, 2.45) is 0 Å². The van der Waals surface area contributed by atoms with Crippen LogP contribution >= 0.6 is 11.3 Å². The van der Waals surface area contributed by atoms with E-state index >= 15 is 0 Å². The van der Waals surface area contributed by atoms with E-state index in [1.165, 1.54) is 0 Å². The number of thiazole rings is 1. The summed E-state index contributed by atoms with van der Waals surface area (Å²) < 4.78 is 6.22. The molecule has 2 atom stereocenters. The number of nitrogens with one attached hydrogen (secondary N) is 2. The van der Waals surface area contributed by atoms with Gasteiger partial charge in [0.05, 0.1) is 23.6 Å². The van der Waals surface area contributed by atoms with Gasteiger partial charge in [-0.15, -0.1) is 11.3 Å². The zero-order valence-corrected chi connectivity index (χ0v) is 20.1. The summed E-state index contributed by atoms with van der Waals surface area (Å²) in [4.78, 5) is 29.2. The van der Waals surface area contributed by atoms with Gasteiger partial charge in [0.15, 0.2) is 11.4 Å². The maximum atomic E-state index is 6.22. The molecule has 1 aliphatic rings. The molecule has 0 fully saturated rings. The first-order valence-corrected chi connectivity index (χ1v) is 12.4. The summed E-state index contributed by atoms with van der Waals surface area (Å²) in [6, 6.07) is 13.4. The summed E-state index contributed by atoms with van der Waals surface area (Å²) in [5.41, 5.74) is 2.23. The second kappa shape index (κ2) is 8.64. The molecule has 0 aliphatic carbocycles. The van der Waals surface area contributed by atoms with Gasteiger partial charge in [-0.2, -0.15) is 5.10 Å². The minimum atomic E-state index is -1.11. The maximum Gasteiger partial charge on any atom is 0.208 e. The van der Waals surface area contributed by atoms with Crippen LogP contribution in [0, 0.1) is 0 Å². The number of H-pyrrole nitrogens is 2. The van der Waals surface area contributed by atoms with Crippen LogP contribution in [0.3, 0.4) is 0 Å². The lowest BCUT2D eigenvalue weighted by Crippen LogP contribution is -2.48. The molecule has 10 nitrogen and oxygen atoms in total. The molecule has 0 saturated heterocycles. The average Bonchev–Trinajstić information content (AvgIpc) is 3.78. The fraction of sp³-hybridized carbons (Fsp3) is 0.0769. The number of anilines is 1. The highest BCUT2D eigenvalue weighted by Gasteiger charge is 2.62. The molecule has 0 spiro atoms. The van der Waals surface area contributed by atoms with Crippen molar-refractivity contribution in [2.45, 2.75) is 11.5 Å². The van der Waals surface area contributed by atoms with Crippen LogP contribution in [0.4, 0.5) is 5.95 Å². The number of pyridine rings is 1. The van der Waals surface area contributed by atoms with Crippen molar-refractivity contribution in [1.29, 1.82) is 0 Å². The van der Waals surface area contributed by atoms with E-state index in [1.54, 1.807) is 67.0 Å². The maximum absolute atomic E-state index is 6.22. The van der Waals surface area contributed by atoms with Crippen LogP contribution < -0.4 is 4.90 Å². The molecular weight excluding hydrogens is 486 g/mol. The number of nitrogens with zero attached hydrogens (tertiary/aromatic N) is 7. The quantitative estimate of drug-likeness (QED) is 0.339. The third-order valence-electron chi connectivity index (χ3n) is 6.44. The van der Waals surface area contributed by atoms with Crippen molar-refractivity contribution in [3.63, 3.8) is 0 Å². The zero-order chi connectivity index (χ0) is 24.7. The van der Waals surface area contributed by atoms with E-state index in [2.05, 4.69) is 20.1 Å². The summed E-state index contributed by atoms with van der Waals surface area (Å²) in [6.45, 7) is 0. The van der Waals surface area contributed by atoms with Crippen LogP contribution in [0.5, 0.6) is 0 Å². The van der Waals surface area contributed by atoms with Crippen molar-refractivity contribution >= 4 is 28.6 Å². The fourth-order valence-electron chi connectivity index (χ4n) is 5.15. The molecule has 0 aromatic carbocycles. The predicted octanol–water partition coefficient (Wildman–Crippen LogP) is 4.48. The summed E-state index contributed by atoms with van der Waals surface area (Å²) in [5.74, 6) is 1.33. The Hall–Kier alpha value is -4.90. The van der Waals surface area contributed by atoms with Gasteiger partial charge in [-0.1, -0.05) is 6.07 Å². The Labute approximate surface area is 214 Å². The number of aromatic nitrogens is 8. The molecule has 6 aromatic rings. The van der Waals surface area contributed by atoms with E-state index in [0.717, 1.165) is 27.7 Å². The van der Waals surface area contributed by atoms with Gasteiger partial charge in [-0.3, -0.25) is 15.0 Å². The Balaban J connectivity index is 1.68. The van der Waals surface area contributed by atoms with Gasteiger partial charge in [-0.05, 0) is 36.4 Å². The molecule has 0 bridgehead atoms. The van der Waals surface area contributed by atoms with Crippen LogP contribution in [-0.4, -0.2) is 40.1 Å². The van der Waals surface area contributed by atoms with Gasteiger partial charge in [0.2, 0.25) is 5.95 Å². The molecular formula is C26H19N9OS. The Morgan fingerprint density at radius 3 is 2.46 bits per heavy atom. The highest BCUT2D eigenvalue weighted by Crippen LogP contribution is 2.62. The SMILES string of the molecule is c1ccc(C2=C(c3nccs3)C(c3ccn[nH]3)C(c3ncccn3)(c3ccco3)N2c2ncc[nH]2)nc1. The zero-order valence-electron chi connectivity index (χ0n) is 19.3. The van der Waals surface area contributed by atoms with Gasteiger partial charge in [0.25, 0.3) is 0 Å². The number of rotatable bonds is 6. The standard InChI is InChI=1S/C26H19N9OS/c1-2-8-27-18(5-1)22-20(23-28-14-16-37-23)21(17-7-11-33-34-17)26(19-6-3-15-36-19,24-29-9-4-10-30-24)35(22)25-31-12-13-32-25/h1-16,21H,(H,31,32)(H,33,34). The van der Waals surface area contributed by atoms with Gasteiger partial charge >= 0.3 is 0 Å². The van der Waals surface area contributed by atoms with E-state index < -0.39 is 11.5 Å². The first-order valence-electron chi connectivity index (χ1n) is 11.5. The number of hydrogen-bond acceptors (Lipinski definition) is 9. The van der Waals surface area contributed by atoms with Gasteiger partial charge in [0, 0.05) is 60.0 Å². The predicted molar refractivity (Wildman–Crippen MR) is 137 cm³/mol. The number of hydrogen-bond donors (Lipinski definition) is 2. The first kappa shape index (κ1) is 21.4. The van der Waals surface area contributed by atoms with E-state index in [0.29, 0.717) is 17.5 Å². The van der Waals surface area contributed by atoms with Gasteiger partial charge in [0.1, 0.15) is 10.8 Å². The largest absolute Gasteiger partial charge is 0.466 e. The Bertz CT molecular complexity index is 1620. The lowest BCUT2D eigenvalue weighted by molar-refractivity contribution is 0.357. The van der Waals surface area contributed by atoms with Crippen LogP contribution in [-0.2, 0) is 5.54 Å². The lowest BCUT2D eigenvalue weighted by Gasteiger charge is -2.40. The van der Waals surface area contributed by atoms with Crippen LogP contribution in [0.15, 0.2) is 102 Å². The van der Waals surface area contributed by atoms with Crippen LogP contribution in [0.25, 0.3) is 11.3 Å². The smallest absolute Gasteiger partial charge is 0.208 e. The molecule has 180 valence electrons. The second-order valence-electron chi connectivity index (χ2n) is 8.32. The van der Waals surface area contributed by atoms with E-state index in [1.807, 2.05) is 41.8 Å². The molecule has 2 unspecified atom stereocenters. The van der Waals surface area contributed by atoms with Crippen molar-refractivity contribution in [3.05, 3.63) is 125 Å². The van der Waals surface area contributed by atoms with Crippen LogP contribution in [0.2, 0.25) is 0 Å². The molecule has 0 radical (unpaired) electrons. The minimum Gasteiger partial charge on any atom is -0.466 e. The molecule has 6 aromatic heterocycles. The minimum absolute atomic E-state index is 0.420. The highest BCUT2D eigenvalue weighted by molar-refractivity contribution is 7.10. The van der Waals surface area contributed by atoms with Gasteiger partial charge < -0.3 is 9.40 Å². The molecule has 7 rings (SSSR count). The molecule has 2 N–H and O–H groups in total. The number of furan rings is 1. The summed E-state index contributed by atoms with van der Waals surface area (Å²) >= 11 is 1.55. The molecule has 7 heterocycles. The normalized spacial score (nSPS) is 19.6. The lowest BCUT2D eigenvalue weighted by atomic mass is 9.76. The Kier molecular flexibility index (Phi) is 5.00. The third kappa shape index (κ3) is 3.17. The Morgan fingerprint density at radius 2 is 1.78 bits per heavy atom. The fourth-order valence-corrected chi connectivity index (χ4v) is 5.87. The second-order valence-corrected chi connectivity index (χ2v) is 9.22.